The molecule has 0 aliphatic heterocycles. The fourth-order valence-electron chi connectivity index (χ4n) is 7.14. The summed E-state index contributed by atoms with van der Waals surface area (Å²) in [7, 11) is 0. The van der Waals surface area contributed by atoms with Crippen LogP contribution in [-0.4, -0.2) is 19.5 Å². The van der Waals surface area contributed by atoms with Crippen molar-refractivity contribution < 1.29 is 0 Å². The molecule has 0 aliphatic rings. The Balaban J connectivity index is 1.29. The Bertz CT molecular complexity index is 2760. The molecule has 234 valence electrons. The smallest absolute Gasteiger partial charge is 0.164 e. The van der Waals surface area contributed by atoms with Crippen LogP contribution >= 0.6 is 11.3 Å². The van der Waals surface area contributed by atoms with E-state index >= 15 is 0 Å². The molecule has 0 spiro atoms. The molecule has 0 atom stereocenters. The summed E-state index contributed by atoms with van der Waals surface area (Å²) in [5.41, 5.74) is 8.48. The van der Waals surface area contributed by atoms with Gasteiger partial charge >= 0.3 is 0 Å². The second-order valence-corrected chi connectivity index (χ2v) is 13.5. The van der Waals surface area contributed by atoms with E-state index in [4.69, 9.17) is 15.0 Å². The van der Waals surface area contributed by atoms with Gasteiger partial charge in [-0.15, -0.1) is 11.3 Å². The molecule has 0 amide bonds. The van der Waals surface area contributed by atoms with Gasteiger partial charge in [0.25, 0.3) is 0 Å². The van der Waals surface area contributed by atoms with E-state index in [0.29, 0.717) is 17.5 Å². The number of hydrogen-bond donors (Lipinski definition) is 0. The highest BCUT2D eigenvalue weighted by Crippen LogP contribution is 2.42. The van der Waals surface area contributed by atoms with Gasteiger partial charge in [-0.1, -0.05) is 133 Å². The SMILES string of the molecule is c1ccc(-c2nc(-c3ccccc3)nc(-c3cc(-c4cccc5c4sc4ccccc45)cc(-n4c5ccccc5c5ccccc54)c3)n2)cc1. The summed E-state index contributed by atoms with van der Waals surface area (Å²) in [5, 5.41) is 4.99. The maximum Gasteiger partial charge on any atom is 0.164 e. The standard InChI is InChI=1S/C45H28N4S/c1-3-14-29(15-4-1)43-46-44(30-16-5-2-6-17-30)48-45(47-43)32-26-31(34-21-13-22-38-37-20-9-12-25-41(37)50-42(34)38)27-33(28-32)49-39-23-10-7-18-35(39)36-19-8-11-24-40(36)49/h1-28H. The molecule has 7 aromatic carbocycles. The van der Waals surface area contributed by atoms with E-state index in [2.05, 4.69) is 138 Å². The van der Waals surface area contributed by atoms with Gasteiger partial charge in [-0.25, -0.2) is 15.0 Å². The van der Waals surface area contributed by atoms with Crippen molar-refractivity contribution in [3.8, 4) is 51.0 Å². The van der Waals surface area contributed by atoms with E-state index in [-0.39, 0.29) is 0 Å². The first kappa shape index (κ1) is 28.6. The molecular weight excluding hydrogens is 629 g/mol. The molecule has 50 heavy (non-hydrogen) atoms. The highest BCUT2D eigenvalue weighted by atomic mass is 32.1. The summed E-state index contributed by atoms with van der Waals surface area (Å²) in [6.45, 7) is 0. The lowest BCUT2D eigenvalue weighted by molar-refractivity contribution is 1.07. The number of thiophene rings is 1. The van der Waals surface area contributed by atoms with Crippen molar-refractivity contribution in [2.75, 3.05) is 0 Å². The molecule has 4 nitrogen and oxygen atoms in total. The van der Waals surface area contributed by atoms with Crippen molar-refractivity contribution in [3.63, 3.8) is 0 Å². The van der Waals surface area contributed by atoms with Crippen molar-refractivity contribution in [2.24, 2.45) is 0 Å². The zero-order valence-corrected chi connectivity index (χ0v) is 27.7. The van der Waals surface area contributed by atoms with E-state index in [9.17, 15) is 0 Å². The van der Waals surface area contributed by atoms with Crippen LogP contribution in [0.2, 0.25) is 0 Å². The molecule has 0 unspecified atom stereocenters. The minimum absolute atomic E-state index is 0.630. The molecule has 3 aromatic heterocycles. The summed E-state index contributed by atoms with van der Waals surface area (Å²) in [6, 6.07) is 59.7. The topological polar surface area (TPSA) is 43.6 Å². The maximum atomic E-state index is 5.15. The van der Waals surface area contributed by atoms with Gasteiger partial charge in [0.2, 0.25) is 0 Å². The Morgan fingerprint density at radius 2 is 0.880 bits per heavy atom. The first-order chi connectivity index (χ1) is 24.8. The normalized spacial score (nSPS) is 11.6. The van der Waals surface area contributed by atoms with Crippen LogP contribution in [0.5, 0.6) is 0 Å². The van der Waals surface area contributed by atoms with Crippen LogP contribution in [0.4, 0.5) is 0 Å². The lowest BCUT2D eigenvalue weighted by Gasteiger charge is -2.15. The van der Waals surface area contributed by atoms with Crippen LogP contribution < -0.4 is 0 Å². The van der Waals surface area contributed by atoms with Gasteiger partial charge in [-0.3, -0.25) is 0 Å². The van der Waals surface area contributed by atoms with Crippen molar-refractivity contribution in [1.29, 1.82) is 0 Å². The van der Waals surface area contributed by atoms with Gasteiger partial charge < -0.3 is 4.57 Å². The molecule has 0 aliphatic carbocycles. The highest BCUT2D eigenvalue weighted by molar-refractivity contribution is 7.26. The third kappa shape index (κ3) is 4.71. The fraction of sp³-hybridized carbons (Fsp3) is 0. The van der Waals surface area contributed by atoms with Crippen LogP contribution in [0, 0.1) is 0 Å². The van der Waals surface area contributed by atoms with Crippen molar-refractivity contribution in [1.82, 2.24) is 19.5 Å². The van der Waals surface area contributed by atoms with Gasteiger partial charge in [-0.05, 0) is 47.5 Å². The Labute approximate surface area is 292 Å². The molecule has 0 bridgehead atoms. The minimum Gasteiger partial charge on any atom is -0.309 e. The molecule has 10 aromatic rings. The summed E-state index contributed by atoms with van der Waals surface area (Å²) in [5.74, 6) is 1.92. The number of para-hydroxylation sites is 2. The van der Waals surface area contributed by atoms with Crippen LogP contribution in [0.25, 0.3) is 93.0 Å². The fourth-order valence-corrected chi connectivity index (χ4v) is 8.38. The van der Waals surface area contributed by atoms with Gasteiger partial charge in [0, 0.05) is 53.3 Å². The first-order valence-electron chi connectivity index (χ1n) is 16.7. The van der Waals surface area contributed by atoms with Crippen molar-refractivity contribution in [2.45, 2.75) is 0 Å². The quantitative estimate of drug-likeness (QED) is 0.185. The van der Waals surface area contributed by atoms with Crippen molar-refractivity contribution in [3.05, 3.63) is 170 Å². The van der Waals surface area contributed by atoms with E-state index in [1.807, 2.05) is 47.7 Å². The Kier molecular flexibility index (Phi) is 6.64. The molecule has 5 heteroatoms. The Morgan fingerprint density at radius 3 is 1.52 bits per heavy atom. The molecule has 0 N–H and O–H groups in total. The Morgan fingerprint density at radius 1 is 0.380 bits per heavy atom. The number of hydrogen-bond acceptors (Lipinski definition) is 4. The summed E-state index contributed by atoms with van der Waals surface area (Å²) in [4.78, 5) is 15.3. The third-order valence-electron chi connectivity index (χ3n) is 9.43. The number of benzene rings is 7. The third-order valence-corrected chi connectivity index (χ3v) is 10.6. The average Bonchev–Trinajstić information content (AvgIpc) is 3.74. The van der Waals surface area contributed by atoms with Crippen molar-refractivity contribution >= 4 is 53.3 Å². The zero-order chi connectivity index (χ0) is 33.0. The van der Waals surface area contributed by atoms with Gasteiger partial charge in [0.15, 0.2) is 17.5 Å². The summed E-state index contributed by atoms with van der Waals surface area (Å²) >= 11 is 1.84. The highest BCUT2D eigenvalue weighted by Gasteiger charge is 2.19. The minimum atomic E-state index is 0.630. The number of aromatic nitrogens is 4. The average molecular weight is 657 g/mol. The number of fused-ring (bicyclic) bond motifs is 6. The lowest BCUT2D eigenvalue weighted by Crippen LogP contribution is -2.01. The van der Waals surface area contributed by atoms with Crippen LogP contribution in [0.1, 0.15) is 0 Å². The largest absolute Gasteiger partial charge is 0.309 e. The lowest BCUT2D eigenvalue weighted by atomic mass is 9.99. The van der Waals surface area contributed by atoms with E-state index in [1.165, 1.54) is 36.5 Å². The Hall–Kier alpha value is -6.43. The second kappa shape index (κ2) is 11.6. The van der Waals surface area contributed by atoms with Gasteiger partial charge in [0.1, 0.15) is 0 Å². The van der Waals surface area contributed by atoms with E-state index in [1.54, 1.807) is 0 Å². The van der Waals surface area contributed by atoms with E-state index < -0.39 is 0 Å². The molecule has 3 heterocycles. The number of nitrogens with zero attached hydrogens (tertiary/aromatic N) is 4. The molecule has 0 saturated heterocycles. The van der Waals surface area contributed by atoms with Gasteiger partial charge in [0.05, 0.1) is 11.0 Å². The molecule has 0 fully saturated rings. The maximum absolute atomic E-state index is 5.15. The molecule has 0 saturated carbocycles. The number of rotatable bonds is 5. The first-order valence-corrected chi connectivity index (χ1v) is 17.5. The zero-order valence-electron chi connectivity index (χ0n) is 26.9. The van der Waals surface area contributed by atoms with Gasteiger partial charge in [-0.2, -0.15) is 0 Å². The molecule has 0 radical (unpaired) electrons. The monoisotopic (exact) mass is 656 g/mol. The summed E-state index contributed by atoms with van der Waals surface area (Å²) < 4.78 is 4.93. The van der Waals surface area contributed by atoms with Crippen LogP contribution in [0.15, 0.2) is 170 Å². The predicted octanol–water partition coefficient (Wildman–Crippen LogP) is 12.0. The molecule has 10 rings (SSSR count). The van der Waals surface area contributed by atoms with E-state index in [0.717, 1.165) is 39.0 Å². The van der Waals surface area contributed by atoms with Crippen LogP contribution in [-0.2, 0) is 0 Å². The molecular formula is C45H28N4S. The van der Waals surface area contributed by atoms with Crippen LogP contribution in [0.3, 0.4) is 0 Å². The second-order valence-electron chi connectivity index (χ2n) is 12.5. The predicted molar refractivity (Wildman–Crippen MR) is 209 cm³/mol. The summed E-state index contributed by atoms with van der Waals surface area (Å²) in [6.07, 6.45) is 0.